The fourth-order valence-corrected chi connectivity index (χ4v) is 4.60. The van der Waals surface area contributed by atoms with Gasteiger partial charge in [-0.3, -0.25) is 14.4 Å². The van der Waals surface area contributed by atoms with Gasteiger partial charge in [0.2, 0.25) is 0 Å². The summed E-state index contributed by atoms with van der Waals surface area (Å²) in [5.41, 5.74) is 0.977. The van der Waals surface area contributed by atoms with Crippen molar-refractivity contribution >= 4 is 33.4 Å². The summed E-state index contributed by atoms with van der Waals surface area (Å²) < 4.78 is 5.18. The van der Waals surface area contributed by atoms with Gasteiger partial charge in [0.15, 0.2) is 0 Å². The number of H-pyrrole nitrogens is 1. The Bertz CT molecular complexity index is 1140. The summed E-state index contributed by atoms with van der Waals surface area (Å²) >= 11 is 1.23. The molecule has 8 nitrogen and oxygen atoms in total. The zero-order valence-electron chi connectivity index (χ0n) is 16.1. The number of piperazine rings is 1. The minimum Gasteiger partial charge on any atom is -0.497 e. The number of carbonyl (C=O) groups excluding carboxylic acids is 2. The van der Waals surface area contributed by atoms with Gasteiger partial charge >= 0.3 is 0 Å². The molecule has 2 aromatic heterocycles. The number of benzene rings is 1. The summed E-state index contributed by atoms with van der Waals surface area (Å²) in [5, 5.41) is 0.465. The van der Waals surface area contributed by atoms with Gasteiger partial charge in [-0.2, -0.15) is 0 Å². The highest BCUT2D eigenvalue weighted by atomic mass is 32.1. The molecule has 4 rings (SSSR count). The van der Waals surface area contributed by atoms with Crippen LogP contribution < -0.4 is 10.3 Å². The summed E-state index contributed by atoms with van der Waals surface area (Å²) in [4.78, 5) is 49.1. The molecular formula is C20H20N4O4S. The van der Waals surface area contributed by atoms with E-state index in [9.17, 15) is 14.4 Å². The number of aromatic nitrogens is 2. The molecule has 0 saturated carbocycles. The maximum atomic E-state index is 13.0. The number of rotatable bonds is 3. The lowest BCUT2D eigenvalue weighted by Gasteiger charge is -2.34. The molecule has 0 unspecified atom stereocenters. The van der Waals surface area contributed by atoms with Crippen LogP contribution in [-0.4, -0.2) is 64.9 Å². The quantitative estimate of drug-likeness (QED) is 0.709. The third-order valence-electron chi connectivity index (χ3n) is 5.10. The second-order valence-electron chi connectivity index (χ2n) is 6.78. The van der Waals surface area contributed by atoms with Gasteiger partial charge in [0, 0.05) is 31.7 Å². The largest absolute Gasteiger partial charge is 0.497 e. The van der Waals surface area contributed by atoms with Crippen molar-refractivity contribution in [2.45, 2.75) is 6.92 Å². The number of thiophene rings is 1. The van der Waals surface area contributed by atoms with Crippen LogP contribution in [0, 0.1) is 6.92 Å². The van der Waals surface area contributed by atoms with Gasteiger partial charge in [-0.15, -0.1) is 11.3 Å². The maximum absolute atomic E-state index is 13.0. The standard InChI is InChI=1S/C20H20N4O4S/c1-12-15-17(25)21-11-22-18(15)29-16(12)20(27)24-8-6-23(7-9-24)19(26)13-4-3-5-14(10-13)28-2/h3-5,10-11H,6-9H2,1-2H3,(H,21,22,25). The van der Waals surface area contributed by atoms with Crippen molar-refractivity contribution in [3.8, 4) is 5.75 Å². The molecule has 0 aliphatic carbocycles. The number of hydrogen-bond donors (Lipinski definition) is 1. The highest BCUT2D eigenvalue weighted by molar-refractivity contribution is 7.20. The minimum absolute atomic E-state index is 0.0789. The zero-order valence-corrected chi connectivity index (χ0v) is 16.9. The first-order chi connectivity index (χ1) is 14.0. The predicted octanol–water partition coefficient (Wildman–Crippen LogP) is 1.90. The molecule has 150 valence electrons. The van der Waals surface area contributed by atoms with Gasteiger partial charge in [-0.1, -0.05) is 6.07 Å². The molecule has 9 heteroatoms. The monoisotopic (exact) mass is 412 g/mol. The molecule has 1 fully saturated rings. The lowest BCUT2D eigenvalue weighted by atomic mass is 10.1. The van der Waals surface area contributed by atoms with Crippen molar-refractivity contribution in [3.63, 3.8) is 0 Å². The first-order valence-electron chi connectivity index (χ1n) is 9.19. The van der Waals surface area contributed by atoms with Crippen molar-refractivity contribution in [2.24, 2.45) is 0 Å². The molecule has 1 N–H and O–H groups in total. The highest BCUT2D eigenvalue weighted by Gasteiger charge is 2.28. The number of nitrogens with one attached hydrogen (secondary N) is 1. The Hall–Kier alpha value is -3.20. The Balaban J connectivity index is 1.48. The Morgan fingerprint density at radius 3 is 2.48 bits per heavy atom. The third kappa shape index (κ3) is 3.49. The topological polar surface area (TPSA) is 95.6 Å². The summed E-state index contributed by atoms with van der Waals surface area (Å²) in [6.45, 7) is 3.54. The number of methoxy groups -OCH3 is 1. The van der Waals surface area contributed by atoms with Crippen LogP contribution in [0.5, 0.6) is 5.75 Å². The fourth-order valence-electron chi connectivity index (χ4n) is 3.48. The van der Waals surface area contributed by atoms with E-state index < -0.39 is 0 Å². The van der Waals surface area contributed by atoms with Crippen LogP contribution in [0.2, 0.25) is 0 Å². The lowest BCUT2D eigenvalue weighted by Crippen LogP contribution is -2.50. The van der Waals surface area contributed by atoms with Crippen LogP contribution in [0.4, 0.5) is 0 Å². The van der Waals surface area contributed by atoms with E-state index in [1.54, 1.807) is 48.1 Å². The van der Waals surface area contributed by atoms with Gasteiger partial charge in [-0.25, -0.2) is 4.98 Å². The van der Waals surface area contributed by atoms with E-state index in [1.807, 2.05) is 0 Å². The first kappa shape index (κ1) is 19.1. The average Bonchev–Trinajstić information content (AvgIpc) is 3.10. The van der Waals surface area contributed by atoms with Gasteiger partial charge in [0.25, 0.3) is 17.4 Å². The summed E-state index contributed by atoms with van der Waals surface area (Å²) in [6.07, 6.45) is 1.35. The fraction of sp³-hybridized carbons (Fsp3) is 0.300. The second kappa shape index (κ2) is 7.67. The summed E-state index contributed by atoms with van der Waals surface area (Å²) in [6, 6.07) is 7.05. The van der Waals surface area contributed by atoms with Crippen molar-refractivity contribution in [1.29, 1.82) is 0 Å². The van der Waals surface area contributed by atoms with Crippen molar-refractivity contribution in [1.82, 2.24) is 19.8 Å². The molecule has 29 heavy (non-hydrogen) atoms. The van der Waals surface area contributed by atoms with E-state index in [0.717, 1.165) is 0 Å². The molecular weight excluding hydrogens is 392 g/mol. The smallest absolute Gasteiger partial charge is 0.264 e. The third-order valence-corrected chi connectivity index (χ3v) is 6.29. The molecule has 0 bridgehead atoms. The number of hydrogen-bond acceptors (Lipinski definition) is 6. The first-order valence-corrected chi connectivity index (χ1v) is 10.0. The van der Waals surface area contributed by atoms with E-state index >= 15 is 0 Å². The zero-order chi connectivity index (χ0) is 20.5. The molecule has 1 aliphatic rings. The minimum atomic E-state index is -0.239. The van der Waals surface area contributed by atoms with E-state index in [4.69, 9.17) is 4.74 Å². The second-order valence-corrected chi connectivity index (χ2v) is 7.78. The predicted molar refractivity (Wildman–Crippen MR) is 110 cm³/mol. The van der Waals surface area contributed by atoms with Gasteiger partial charge < -0.3 is 19.5 Å². The number of aryl methyl sites for hydroxylation is 1. The van der Waals surface area contributed by atoms with Crippen LogP contribution in [0.15, 0.2) is 35.4 Å². The number of amides is 2. The molecule has 0 radical (unpaired) electrons. The molecule has 0 spiro atoms. The number of aromatic amines is 1. The normalized spacial score (nSPS) is 14.3. The van der Waals surface area contributed by atoms with E-state index in [0.29, 0.717) is 58.1 Å². The van der Waals surface area contributed by atoms with Crippen LogP contribution in [0.3, 0.4) is 0 Å². The highest BCUT2D eigenvalue weighted by Crippen LogP contribution is 2.28. The molecule has 1 saturated heterocycles. The Kier molecular flexibility index (Phi) is 5.06. The Labute approximate surface area is 170 Å². The molecule has 3 heterocycles. The van der Waals surface area contributed by atoms with Crippen molar-refractivity contribution < 1.29 is 14.3 Å². The van der Waals surface area contributed by atoms with E-state index in [1.165, 1.54) is 17.7 Å². The van der Waals surface area contributed by atoms with Crippen molar-refractivity contribution in [2.75, 3.05) is 33.3 Å². The van der Waals surface area contributed by atoms with Gasteiger partial charge in [-0.05, 0) is 30.7 Å². The molecule has 3 aromatic rings. The number of carbonyl (C=O) groups is 2. The lowest BCUT2D eigenvalue weighted by molar-refractivity contribution is 0.0537. The Morgan fingerprint density at radius 2 is 1.83 bits per heavy atom. The van der Waals surface area contributed by atoms with E-state index in [2.05, 4.69) is 9.97 Å². The van der Waals surface area contributed by atoms with Gasteiger partial charge in [0.1, 0.15) is 10.6 Å². The molecule has 1 aromatic carbocycles. The van der Waals surface area contributed by atoms with Crippen LogP contribution >= 0.6 is 11.3 Å². The number of fused-ring (bicyclic) bond motifs is 1. The maximum Gasteiger partial charge on any atom is 0.264 e. The van der Waals surface area contributed by atoms with Crippen LogP contribution in [-0.2, 0) is 0 Å². The van der Waals surface area contributed by atoms with Crippen molar-refractivity contribution in [3.05, 3.63) is 57.0 Å². The SMILES string of the molecule is COc1cccc(C(=O)N2CCN(C(=O)c3sc4nc[nH]c(=O)c4c3C)CC2)c1. The summed E-state index contributed by atoms with van der Waals surface area (Å²) in [5.74, 6) is 0.427. The molecule has 0 atom stereocenters. The van der Waals surface area contributed by atoms with Crippen LogP contribution in [0.25, 0.3) is 10.2 Å². The Morgan fingerprint density at radius 1 is 1.14 bits per heavy atom. The molecule has 1 aliphatic heterocycles. The van der Waals surface area contributed by atoms with Gasteiger partial charge in [0.05, 0.1) is 23.7 Å². The number of nitrogens with zero attached hydrogens (tertiary/aromatic N) is 3. The average molecular weight is 412 g/mol. The number of ether oxygens (including phenoxy) is 1. The summed E-state index contributed by atoms with van der Waals surface area (Å²) in [7, 11) is 1.56. The van der Waals surface area contributed by atoms with E-state index in [-0.39, 0.29) is 17.4 Å². The van der Waals surface area contributed by atoms with Crippen LogP contribution in [0.1, 0.15) is 25.6 Å². The molecule has 2 amide bonds.